The van der Waals surface area contributed by atoms with Gasteiger partial charge in [0.05, 0.1) is 36.8 Å². The van der Waals surface area contributed by atoms with Crippen molar-refractivity contribution in [2.45, 2.75) is 49.9 Å². The second-order valence-electron chi connectivity index (χ2n) is 8.46. The third-order valence-electron chi connectivity index (χ3n) is 5.99. The van der Waals surface area contributed by atoms with Crippen LogP contribution in [0, 0.1) is 11.6 Å². The molecular formula is C25H27F2N3O4S. The SMILES string of the molecule is CCN(Cc1cnc(S(=O)(=O)Cc2ccccc2F)n1CC1CCCO1)C(=O)c1cccc(F)c1. The fraction of sp³-hybridized carbons (Fsp3) is 0.360. The highest BCUT2D eigenvalue weighted by molar-refractivity contribution is 7.90. The van der Waals surface area contributed by atoms with Crippen molar-refractivity contribution < 1.29 is 26.7 Å². The molecule has 0 N–H and O–H groups in total. The van der Waals surface area contributed by atoms with Gasteiger partial charge in [0.25, 0.3) is 5.91 Å². The number of carbonyl (C=O) groups excluding carboxylic acids is 1. The number of rotatable bonds is 9. The van der Waals surface area contributed by atoms with Crippen LogP contribution in [0.4, 0.5) is 8.78 Å². The van der Waals surface area contributed by atoms with Crippen molar-refractivity contribution in [3.05, 3.63) is 83.2 Å². The highest BCUT2D eigenvalue weighted by atomic mass is 32.2. The van der Waals surface area contributed by atoms with Gasteiger partial charge in [0.15, 0.2) is 0 Å². The predicted octanol–water partition coefficient (Wildman–Crippen LogP) is 3.98. The lowest BCUT2D eigenvalue weighted by atomic mass is 10.2. The molecule has 1 aromatic heterocycles. The number of hydrogen-bond acceptors (Lipinski definition) is 5. The molecule has 35 heavy (non-hydrogen) atoms. The molecule has 10 heteroatoms. The second-order valence-corrected chi connectivity index (χ2v) is 10.3. The normalized spacial score (nSPS) is 15.9. The summed E-state index contributed by atoms with van der Waals surface area (Å²) in [5.41, 5.74) is 0.751. The minimum absolute atomic E-state index is 0.0529. The van der Waals surface area contributed by atoms with Crippen molar-refractivity contribution in [2.75, 3.05) is 13.2 Å². The van der Waals surface area contributed by atoms with Crippen LogP contribution in [0.2, 0.25) is 0 Å². The zero-order valence-corrected chi connectivity index (χ0v) is 20.2. The van der Waals surface area contributed by atoms with Gasteiger partial charge < -0.3 is 14.2 Å². The van der Waals surface area contributed by atoms with E-state index in [0.717, 1.165) is 12.8 Å². The molecule has 0 aliphatic carbocycles. The van der Waals surface area contributed by atoms with Gasteiger partial charge >= 0.3 is 0 Å². The molecule has 0 saturated carbocycles. The van der Waals surface area contributed by atoms with E-state index in [2.05, 4.69) is 4.98 Å². The zero-order valence-electron chi connectivity index (χ0n) is 19.4. The van der Waals surface area contributed by atoms with E-state index in [4.69, 9.17) is 4.74 Å². The van der Waals surface area contributed by atoms with E-state index in [9.17, 15) is 22.0 Å². The smallest absolute Gasteiger partial charge is 0.254 e. The average Bonchev–Trinajstić information content (AvgIpc) is 3.49. The minimum Gasteiger partial charge on any atom is -0.376 e. The first-order valence-corrected chi connectivity index (χ1v) is 13.1. The Morgan fingerprint density at radius 3 is 2.69 bits per heavy atom. The molecule has 7 nitrogen and oxygen atoms in total. The molecular weight excluding hydrogens is 476 g/mol. The molecule has 1 aliphatic rings. The summed E-state index contributed by atoms with van der Waals surface area (Å²) in [5.74, 6) is -2.04. The van der Waals surface area contributed by atoms with Gasteiger partial charge in [0.1, 0.15) is 11.6 Å². The molecule has 0 spiro atoms. The molecule has 4 rings (SSSR count). The lowest BCUT2D eigenvalue weighted by Gasteiger charge is -2.23. The van der Waals surface area contributed by atoms with Crippen LogP contribution in [0.3, 0.4) is 0 Å². The first-order chi connectivity index (χ1) is 16.8. The summed E-state index contributed by atoms with van der Waals surface area (Å²) >= 11 is 0. The Balaban J connectivity index is 1.66. The van der Waals surface area contributed by atoms with E-state index in [-0.39, 0.29) is 41.4 Å². The van der Waals surface area contributed by atoms with Crippen molar-refractivity contribution in [3.8, 4) is 0 Å². The summed E-state index contributed by atoms with van der Waals surface area (Å²) < 4.78 is 61.7. The molecule has 1 unspecified atom stereocenters. The molecule has 1 saturated heterocycles. The number of halogens is 2. The van der Waals surface area contributed by atoms with Gasteiger partial charge in [0.2, 0.25) is 15.0 Å². The number of ether oxygens (including phenoxy) is 1. The molecule has 1 fully saturated rings. The van der Waals surface area contributed by atoms with Crippen LogP contribution in [0.5, 0.6) is 0 Å². The lowest BCUT2D eigenvalue weighted by molar-refractivity contribution is 0.0740. The molecule has 1 atom stereocenters. The van der Waals surface area contributed by atoms with E-state index in [1.807, 2.05) is 0 Å². The van der Waals surface area contributed by atoms with Crippen LogP contribution in [-0.4, -0.2) is 48.0 Å². The van der Waals surface area contributed by atoms with Crippen LogP contribution in [0.15, 0.2) is 59.9 Å². The molecule has 0 radical (unpaired) electrons. The number of hydrogen-bond donors (Lipinski definition) is 0. The van der Waals surface area contributed by atoms with Gasteiger partial charge in [-0.1, -0.05) is 24.3 Å². The van der Waals surface area contributed by atoms with E-state index >= 15 is 0 Å². The molecule has 186 valence electrons. The number of sulfone groups is 1. The first-order valence-electron chi connectivity index (χ1n) is 11.5. The van der Waals surface area contributed by atoms with Crippen LogP contribution in [-0.2, 0) is 33.4 Å². The minimum atomic E-state index is -4.00. The maximum atomic E-state index is 14.2. The van der Waals surface area contributed by atoms with Gasteiger partial charge in [-0.05, 0) is 44.0 Å². The highest BCUT2D eigenvalue weighted by Gasteiger charge is 2.29. The van der Waals surface area contributed by atoms with Crippen LogP contribution < -0.4 is 0 Å². The van der Waals surface area contributed by atoms with Crippen molar-refractivity contribution in [3.63, 3.8) is 0 Å². The number of carbonyl (C=O) groups is 1. The maximum Gasteiger partial charge on any atom is 0.254 e. The lowest BCUT2D eigenvalue weighted by Crippen LogP contribution is -2.32. The number of nitrogens with zero attached hydrogens (tertiary/aromatic N) is 3. The average molecular weight is 504 g/mol. The van der Waals surface area contributed by atoms with Gasteiger partial charge in [-0.3, -0.25) is 4.79 Å². The molecule has 2 aromatic carbocycles. The van der Waals surface area contributed by atoms with Gasteiger partial charge in [-0.25, -0.2) is 22.2 Å². The number of amides is 1. The van der Waals surface area contributed by atoms with Crippen LogP contribution in [0.25, 0.3) is 0 Å². The molecule has 3 aromatic rings. The second kappa shape index (κ2) is 10.7. The Bertz CT molecular complexity index is 1300. The van der Waals surface area contributed by atoms with E-state index < -0.39 is 27.2 Å². The maximum absolute atomic E-state index is 14.2. The Hall–Kier alpha value is -3.11. The molecule has 2 heterocycles. The zero-order chi connectivity index (χ0) is 25.0. The summed E-state index contributed by atoms with van der Waals surface area (Å²) in [4.78, 5) is 18.7. The summed E-state index contributed by atoms with van der Waals surface area (Å²) in [6, 6.07) is 11.1. The van der Waals surface area contributed by atoms with Crippen LogP contribution in [0.1, 0.15) is 41.4 Å². The standard InChI is InChI=1S/C25H27F2N3O4S/c1-2-29(24(31)18-8-5-9-20(26)13-18)15-21-14-28-25(30(21)16-22-10-6-12-34-22)35(32,33)17-19-7-3-4-11-23(19)27/h3-5,7-9,11,13-14,22H,2,6,10,12,15-17H2,1H3. The van der Waals surface area contributed by atoms with E-state index in [1.54, 1.807) is 17.6 Å². The number of imidazole rings is 1. The van der Waals surface area contributed by atoms with Crippen molar-refractivity contribution >= 4 is 15.7 Å². The Morgan fingerprint density at radius 1 is 1.20 bits per heavy atom. The third kappa shape index (κ3) is 5.76. The van der Waals surface area contributed by atoms with Crippen molar-refractivity contribution in [2.24, 2.45) is 0 Å². The highest BCUT2D eigenvalue weighted by Crippen LogP contribution is 2.23. The van der Waals surface area contributed by atoms with Crippen molar-refractivity contribution in [1.82, 2.24) is 14.5 Å². The summed E-state index contributed by atoms with van der Waals surface area (Å²) in [6.45, 7) is 3.00. The van der Waals surface area contributed by atoms with Gasteiger partial charge in [-0.2, -0.15) is 0 Å². The topological polar surface area (TPSA) is 81.5 Å². The van der Waals surface area contributed by atoms with Crippen molar-refractivity contribution in [1.29, 1.82) is 0 Å². The van der Waals surface area contributed by atoms with Gasteiger partial charge in [-0.15, -0.1) is 0 Å². The predicted molar refractivity (Wildman–Crippen MR) is 125 cm³/mol. The Labute approximate surface area is 203 Å². The molecule has 0 bridgehead atoms. The Kier molecular flexibility index (Phi) is 7.61. The first kappa shape index (κ1) is 25.0. The monoisotopic (exact) mass is 503 g/mol. The summed E-state index contributed by atoms with van der Waals surface area (Å²) in [6.07, 6.45) is 2.86. The van der Waals surface area contributed by atoms with E-state index in [1.165, 1.54) is 53.6 Å². The summed E-state index contributed by atoms with van der Waals surface area (Å²) in [7, 11) is -4.00. The summed E-state index contributed by atoms with van der Waals surface area (Å²) in [5, 5.41) is -0.194. The van der Waals surface area contributed by atoms with Crippen LogP contribution >= 0.6 is 0 Å². The molecule has 1 amide bonds. The fourth-order valence-electron chi connectivity index (χ4n) is 4.17. The number of aromatic nitrogens is 2. The van der Waals surface area contributed by atoms with E-state index in [0.29, 0.717) is 18.8 Å². The molecule has 1 aliphatic heterocycles. The quantitative estimate of drug-likeness (QED) is 0.441. The fourth-order valence-corrected chi connectivity index (χ4v) is 5.68. The Morgan fingerprint density at radius 2 is 2.00 bits per heavy atom. The third-order valence-corrected chi connectivity index (χ3v) is 7.56. The number of benzene rings is 2. The van der Waals surface area contributed by atoms with Gasteiger partial charge in [0, 0.05) is 24.3 Å². The largest absolute Gasteiger partial charge is 0.376 e.